The van der Waals surface area contributed by atoms with Crippen molar-refractivity contribution in [2.24, 2.45) is 0 Å². The van der Waals surface area contributed by atoms with Crippen LogP contribution in [0.2, 0.25) is 0 Å². The van der Waals surface area contributed by atoms with Gasteiger partial charge in [0.25, 0.3) is 5.56 Å². The minimum Gasteiger partial charge on any atom is -0.398 e. The molecule has 0 spiro atoms. The Hall–Kier alpha value is -2.07. The maximum Gasteiger partial charge on any atom is 0.251 e. The van der Waals surface area contributed by atoms with E-state index in [0.29, 0.717) is 12.2 Å². The number of hydrogen-bond donors (Lipinski definition) is 1. The van der Waals surface area contributed by atoms with E-state index >= 15 is 0 Å². The van der Waals surface area contributed by atoms with Crippen molar-refractivity contribution in [1.29, 1.82) is 0 Å². The molecule has 0 aliphatic carbocycles. The number of nitrogens with zero attached hydrogens (tertiary/aromatic N) is 1. The summed E-state index contributed by atoms with van der Waals surface area (Å²) in [6, 6.07) is 17.0. The molecule has 20 heavy (non-hydrogen) atoms. The number of aromatic nitrogens is 1. The summed E-state index contributed by atoms with van der Waals surface area (Å²) in [4.78, 5) is 12.1. The number of nitrogen functional groups attached to an aromatic ring is 1. The Morgan fingerprint density at radius 2 is 1.85 bits per heavy atom. The van der Waals surface area contributed by atoms with Gasteiger partial charge in [-0.15, -0.1) is 0 Å². The number of pyridine rings is 1. The van der Waals surface area contributed by atoms with Gasteiger partial charge in [0, 0.05) is 16.2 Å². The van der Waals surface area contributed by atoms with Gasteiger partial charge in [0.15, 0.2) is 0 Å². The molecule has 4 heteroatoms. The van der Waals surface area contributed by atoms with Crippen LogP contribution in [-0.2, 0) is 6.54 Å². The van der Waals surface area contributed by atoms with Gasteiger partial charge in [-0.2, -0.15) is 0 Å². The van der Waals surface area contributed by atoms with Crippen molar-refractivity contribution in [3.8, 4) is 0 Å². The molecule has 3 nitrogen and oxygen atoms in total. The maximum atomic E-state index is 12.1. The van der Waals surface area contributed by atoms with E-state index in [4.69, 9.17) is 5.73 Å². The lowest BCUT2D eigenvalue weighted by molar-refractivity contribution is 0.796. The zero-order valence-corrected chi connectivity index (χ0v) is 12.3. The third-order valence-corrected chi connectivity index (χ3v) is 3.83. The predicted molar refractivity (Wildman–Crippen MR) is 85.9 cm³/mol. The Bertz CT molecular complexity index is 839. The third kappa shape index (κ3) is 2.34. The lowest BCUT2D eigenvalue weighted by Crippen LogP contribution is -2.20. The van der Waals surface area contributed by atoms with Crippen molar-refractivity contribution < 1.29 is 0 Å². The summed E-state index contributed by atoms with van der Waals surface area (Å²) in [6.45, 7) is 0.472. The topological polar surface area (TPSA) is 48.0 Å². The molecule has 0 radical (unpaired) electrons. The molecule has 0 saturated heterocycles. The minimum atomic E-state index is -0.0222. The quantitative estimate of drug-likeness (QED) is 0.733. The van der Waals surface area contributed by atoms with Crippen molar-refractivity contribution >= 4 is 32.5 Å². The van der Waals surface area contributed by atoms with Crippen LogP contribution in [0.4, 0.5) is 5.69 Å². The van der Waals surface area contributed by atoms with Gasteiger partial charge < -0.3 is 10.3 Å². The fraction of sp³-hybridized carbons (Fsp3) is 0.0625. The van der Waals surface area contributed by atoms with Crippen molar-refractivity contribution in [3.05, 3.63) is 75.0 Å². The molecular formula is C16H13BrN2O. The summed E-state index contributed by atoms with van der Waals surface area (Å²) >= 11 is 3.39. The van der Waals surface area contributed by atoms with E-state index in [-0.39, 0.29) is 5.56 Å². The third-order valence-electron chi connectivity index (χ3n) is 3.34. The van der Waals surface area contributed by atoms with Gasteiger partial charge in [0.1, 0.15) is 0 Å². The number of rotatable bonds is 2. The smallest absolute Gasteiger partial charge is 0.251 e. The van der Waals surface area contributed by atoms with Crippen LogP contribution in [0.25, 0.3) is 10.9 Å². The number of nitrogens with two attached hydrogens (primary N) is 1. The van der Waals surface area contributed by atoms with Crippen LogP contribution in [0.15, 0.2) is 63.9 Å². The monoisotopic (exact) mass is 328 g/mol. The number of anilines is 1. The van der Waals surface area contributed by atoms with E-state index in [1.54, 1.807) is 10.6 Å². The Kier molecular flexibility index (Phi) is 3.32. The van der Waals surface area contributed by atoms with Gasteiger partial charge in [-0.25, -0.2) is 0 Å². The minimum absolute atomic E-state index is 0.0222. The molecule has 3 rings (SSSR count). The highest BCUT2D eigenvalue weighted by Gasteiger charge is 2.06. The highest BCUT2D eigenvalue weighted by atomic mass is 79.9. The Labute approximate surface area is 124 Å². The first-order valence-electron chi connectivity index (χ1n) is 6.27. The first kappa shape index (κ1) is 12.9. The highest BCUT2D eigenvalue weighted by molar-refractivity contribution is 9.10. The van der Waals surface area contributed by atoms with Gasteiger partial charge in [-0.1, -0.05) is 40.2 Å². The summed E-state index contributed by atoms with van der Waals surface area (Å²) < 4.78 is 2.68. The molecule has 0 atom stereocenters. The molecule has 0 aliphatic rings. The number of para-hydroxylation sites is 1. The van der Waals surface area contributed by atoms with Gasteiger partial charge in [-0.3, -0.25) is 4.79 Å². The molecule has 0 aliphatic heterocycles. The lowest BCUT2D eigenvalue weighted by Gasteiger charge is -2.12. The summed E-state index contributed by atoms with van der Waals surface area (Å²) in [5, 5.41) is 1.04. The second-order valence-electron chi connectivity index (χ2n) is 4.66. The molecular weight excluding hydrogens is 316 g/mol. The summed E-state index contributed by atoms with van der Waals surface area (Å²) in [6.07, 6.45) is 0. The molecule has 100 valence electrons. The van der Waals surface area contributed by atoms with Crippen LogP contribution < -0.4 is 11.3 Å². The van der Waals surface area contributed by atoms with E-state index in [2.05, 4.69) is 15.9 Å². The van der Waals surface area contributed by atoms with Crippen molar-refractivity contribution in [2.45, 2.75) is 6.54 Å². The molecule has 0 amide bonds. The second kappa shape index (κ2) is 5.13. The average molecular weight is 329 g/mol. The maximum absolute atomic E-state index is 12.1. The van der Waals surface area contributed by atoms with Gasteiger partial charge in [0.05, 0.1) is 12.1 Å². The van der Waals surface area contributed by atoms with Crippen LogP contribution in [0.1, 0.15) is 5.56 Å². The van der Waals surface area contributed by atoms with E-state index < -0.39 is 0 Å². The molecule has 0 saturated carbocycles. The van der Waals surface area contributed by atoms with Crippen molar-refractivity contribution in [1.82, 2.24) is 4.57 Å². The number of fused-ring (bicyclic) bond motifs is 1. The van der Waals surface area contributed by atoms with Crippen LogP contribution in [0.3, 0.4) is 0 Å². The lowest BCUT2D eigenvalue weighted by atomic mass is 10.1. The largest absolute Gasteiger partial charge is 0.398 e. The molecule has 3 aromatic rings. The molecule has 2 N–H and O–H groups in total. The predicted octanol–water partition coefficient (Wildman–Crippen LogP) is 3.39. The molecule has 0 fully saturated rings. The number of benzene rings is 2. The first-order valence-corrected chi connectivity index (χ1v) is 7.07. The van der Waals surface area contributed by atoms with Crippen LogP contribution in [0.5, 0.6) is 0 Å². The Morgan fingerprint density at radius 3 is 2.65 bits per heavy atom. The molecule has 0 unspecified atom stereocenters. The van der Waals surface area contributed by atoms with Crippen LogP contribution >= 0.6 is 15.9 Å². The molecule has 2 aromatic carbocycles. The van der Waals surface area contributed by atoms with Crippen molar-refractivity contribution in [2.75, 3.05) is 5.73 Å². The van der Waals surface area contributed by atoms with Gasteiger partial charge >= 0.3 is 0 Å². The van der Waals surface area contributed by atoms with E-state index in [1.165, 1.54) is 0 Å². The fourth-order valence-corrected chi connectivity index (χ4v) is 2.67. The summed E-state index contributed by atoms with van der Waals surface area (Å²) in [5.74, 6) is 0. The summed E-state index contributed by atoms with van der Waals surface area (Å²) in [5.41, 5.74) is 8.53. The zero-order valence-electron chi connectivity index (χ0n) is 10.7. The van der Waals surface area contributed by atoms with Gasteiger partial charge in [0.2, 0.25) is 0 Å². The average Bonchev–Trinajstić information content (AvgIpc) is 2.44. The fourth-order valence-electron chi connectivity index (χ4n) is 2.29. The molecule has 0 bridgehead atoms. The van der Waals surface area contributed by atoms with Crippen LogP contribution in [0, 0.1) is 0 Å². The highest BCUT2D eigenvalue weighted by Crippen LogP contribution is 2.20. The van der Waals surface area contributed by atoms with Crippen molar-refractivity contribution in [3.63, 3.8) is 0 Å². The standard InChI is InChI=1S/C16H13BrN2O/c17-13-7-5-12(14(18)9-13)10-19-15-4-2-1-3-11(15)6-8-16(19)20/h1-9H,10,18H2. The second-order valence-corrected chi connectivity index (χ2v) is 5.58. The summed E-state index contributed by atoms with van der Waals surface area (Å²) in [7, 11) is 0. The Morgan fingerprint density at radius 1 is 1.05 bits per heavy atom. The van der Waals surface area contributed by atoms with Crippen LogP contribution in [-0.4, -0.2) is 4.57 Å². The van der Waals surface area contributed by atoms with Gasteiger partial charge in [-0.05, 0) is 35.2 Å². The number of halogens is 1. The van der Waals surface area contributed by atoms with E-state index in [1.807, 2.05) is 48.5 Å². The number of hydrogen-bond acceptors (Lipinski definition) is 2. The molecule has 1 aromatic heterocycles. The first-order chi connectivity index (χ1) is 9.65. The Balaban J connectivity index is 2.15. The molecule has 1 heterocycles. The normalized spacial score (nSPS) is 10.8. The zero-order chi connectivity index (χ0) is 14.1. The van der Waals surface area contributed by atoms with E-state index in [9.17, 15) is 4.79 Å². The van der Waals surface area contributed by atoms with E-state index in [0.717, 1.165) is 20.9 Å². The SMILES string of the molecule is Nc1cc(Br)ccc1Cn1c(=O)ccc2ccccc21.